The van der Waals surface area contributed by atoms with Crippen LogP contribution in [0.25, 0.3) is 10.1 Å². The van der Waals surface area contributed by atoms with Crippen molar-refractivity contribution >= 4 is 33.5 Å². The van der Waals surface area contributed by atoms with Gasteiger partial charge in [0.1, 0.15) is 0 Å². The van der Waals surface area contributed by atoms with E-state index >= 15 is 0 Å². The number of carbonyl (C=O) groups is 2. The third kappa shape index (κ3) is 12.2. The van der Waals surface area contributed by atoms with Gasteiger partial charge >= 0.3 is 12.1 Å². The molecule has 4 amide bonds. The number of amides is 4. The molecule has 2 aliphatic rings. The number of hydrogen-bond acceptors (Lipinski definition) is 7. The molecule has 0 spiro atoms. The van der Waals surface area contributed by atoms with Gasteiger partial charge in [0.05, 0.1) is 5.60 Å². The summed E-state index contributed by atoms with van der Waals surface area (Å²) in [6.07, 6.45) is 8.77. The molecule has 2 aromatic rings. The van der Waals surface area contributed by atoms with Crippen LogP contribution in [0.3, 0.4) is 0 Å². The number of methoxy groups -OCH3 is 1. The van der Waals surface area contributed by atoms with E-state index in [2.05, 4.69) is 58.7 Å². The molecule has 4 rings (SSSR count). The largest absolute Gasteiger partial charge is 0.385 e. The number of urea groups is 2. The normalized spacial score (nSPS) is 19.3. The Morgan fingerprint density at radius 1 is 0.958 bits per heavy atom. The standard InChI is InChI=1S/C27H43N3O3S.C10H21N3O/c1-20(2)17-23(18-28-3)29-26(31)30-14-8-10-22(19-30)27(32,13-5-6-15-33-4)24-11-7-9-21-12-16-34-25(21)24;1-9(8-11-2)12-10(14)13-6-4-3-5-7-13/h7,9,11-12,16,20,22-23,28,32H,5-6,8,10,13-15,17-19H2,1-4H3,(H,29,31);9,11H,3-8H2,1-2H3,(H,12,14)/t22-,23+,27+;9-/m10/s1. The number of piperidine rings is 2. The predicted octanol–water partition coefficient (Wildman–Crippen LogP) is 5.75. The summed E-state index contributed by atoms with van der Waals surface area (Å²) in [6.45, 7) is 11.8. The number of nitrogens with zero attached hydrogens (tertiary/aromatic N) is 2. The van der Waals surface area contributed by atoms with Gasteiger partial charge in [0.15, 0.2) is 0 Å². The smallest absolute Gasteiger partial charge is 0.317 e. The van der Waals surface area contributed by atoms with E-state index in [-0.39, 0.29) is 30.1 Å². The van der Waals surface area contributed by atoms with Gasteiger partial charge in [-0.05, 0) is 102 Å². The summed E-state index contributed by atoms with van der Waals surface area (Å²) in [4.78, 5) is 28.7. The second-order valence-electron chi connectivity index (χ2n) is 14.1. The molecule has 0 aliphatic carbocycles. The van der Waals surface area contributed by atoms with E-state index < -0.39 is 5.60 Å². The lowest BCUT2D eigenvalue weighted by Gasteiger charge is -2.43. The molecule has 48 heavy (non-hydrogen) atoms. The Kier molecular flexibility index (Phi) is 17.4. The van der Waals surface area contributed by atoms with Crippen LogP contribution >= 0.6 is 11.3 Å². The Morgan fingerprint density at radius 3 is 2.35 bits per heavy atom. The van der Waals surface area contributed by atoms with Crippen molar-refractivity contribution in [2.24, 2.45) is 11.8 Å². The van der Waals surface area contributed by atoms with Gasteiger partial charge < -0.3 is 40.9 Å². The third-order valence-corrected chi connectivity index (χ3v) is 10.5. The molecule has 0 unspecified atom stereocenters. The molecule has 3 heterocycles. The lowest BCUT2D eigenvalue weighted by atomic mass is 9.74. The fourth-order valence-corrected chi connectivity index (χ4v) is 8.11. The minimum atomic E-state index is -0.973. The number of hydrogen-bond donors (Lipinski definition) is 5. The number of thiophene rings is 1. The van der Waals surface area contributed by atoms with Gasteiger partial charge in [-0.1, -0.05) is 32.0 Å². The van der Waals surface area contributed by atoms with Crippen molar-refractivity contribution in [1.29, 1.82) is 0 Å². The summed E-state index contributed by atoms with van der Waals surface area (Å²) in [6, 6.07) is 8.74. The fraction of sp³-hybridized carbons (Fsp3) is 0.730. The number of benzene rings is 1. The fourth-order valence-electron chi connectivity index (χ4n) is 7.12. The molecule has 10 nitrogen and oxygen atoms in total. The van der Waals surface area contributed by atoms with Crippen LogP contribution in [0.1, 0.15) is 84.1 Å². The van der Waals surface area contributed by atoms with Crippen LogP contribution in [0, 0.1) is 11.8 Å². The topological polar surface area (TPSA) is 118 Å². The van der Waals surface area contributed by atoms with E-state index in [0.29, 0.717) is 25.5 Å². The minimum Gasteiger partial charge on any atom is -0.385 e. The molecule has 11 heteroatoms. The maximum absolute atomic E-state index is 13.2. The Labute approximate surface area is 293 Å². The zero-order valence-corrected chi connectivity index (χ0v) is 31.3. The Balaban J connectivity index is 0.000000373. The molecule has 0 saturated carbocycles. The monoisotopic (exact) mass is 688 g/mol. The van der Waals surface area contributed by atoms with Crippen molar-refractivity contribution in [2.75, 3.05) is 67.1 Å². The molecular formula is C37H64N6O4S. The number of fused-ring (bicyclic) bond motifs is 1. The number of likely N-dealkylation sites (N-methyl/N-ethyl adjacent to an activating group) is 2. The average Bonchev–Trinajstić information content (AvgIpc) is 3.57. The van der Waals surface area contributed by atoms with Gasteiger partial charge in [0.25, 0.3) is 0 Å². The number of aliphatic hydroxyl groups is 1. The van der Waals surface area contributed by atoms with E-state index in [4.69, 9.17) is 4.74 Å². The SMILES string of the molecule is CNC[C@H](C)NC(=O)N1CCCCC1.CNC[C@H](CC(C)C)NC(=O)N1CCC[C@@H]([C@@](O)(CCCCOC)c2cccc3ccsc23)C1. The van der Waals surface area contributed by atoms with Crippen LogP contribution in [-0.2, 0) is 10.3 Å². The van der Waals surface area contributed by atoms with E-state index in [9.17, 15) is 14.7 Å². The lowest BCUT2D eigenvalue weighted by Crippen LogP contribution is -2.53. The van der Waals surface area contributed by atoms with E-state index in [1.165, 1.54) is 11.8 Å². The molecule has 1 aromatic heterocycles. The highest BCUT2D eigenvalue weighted by Crippen LogP contribution is 2.43. The molecule has 1 aromatic carbocycles. The highest BCUT2D eigenvalue weighted by molar-refractivity contribution is 7.17. The molecule has 272 valence electrons. The number of rotatable bonds is 15. The van der Waals surface area contributed by atoms with Crippen LogP contribution in [0.15, 0.2) is 29.6 Å². The molecule has 2 saturated heterocycles. The first-order chi connectivity index (χ1) is 23.1. The number of carbonyl (C=O) groups excluding carboxylic acids is 2. The zero-order valence-electron chi connectivity index (χ0n) is 30.5. The summed E-state index contributed by atoms with van der Waals surface area (Å²) in [5.74, 6) is 0.506. The first kappa shape index (κ1) is 40.0. The maximum atomic E-state index is 13.2. The Morgan fingerprint density at radius 2 is 1.67 bits per heavy atom. The number of unbranched alkanes of at least 4 members (excludes halogenated alkanes) is 1. The summed E-state index contributed by atoms with van der Waals surface area (Å²) in [7, 11) is 5.53. The molecule has 0 bridgehead atoms. The van der Waals surface area contributed by atoms with Crippen molar-refractivity contribution in [3.05, 3.63) is 35.2 Å². The van der Waals surface area contributed by atoms with Gasteiger partial charge in [-0.25, -0.2) is 9.59 Å². The second kappa shape index (κ2) is 20.9. The molecule has 4 atom stereocenters. The predicted molar refractivity (Wildman–Crippen MR) is 199 cm³/mol. The van der Waals surface area contributed by atoms with E-state index in [1.54, 1.807) is 18.4 Å². The van der Waals surface area contributed by atoms with E-state index in [0.717, 1.165) is 87.9 Å². The summed E-state index contributed by atoms with van der Waals surface area (Å²) < 4.78 is 6.41. The third-order valence-electron chi connectivity index (χ3n) is 9.54. The second-order valence-corrected chi connectivity index (χ2v) is 15.0. The lowest BCUT2D eigenvalue weighted by molar-refractivity contribution is -0.0551. The van der Waals surface area contributed by atoms with Crippen LogP contribution in [0.2, 0.25) is 0 Å². The molecular weight excluding hydrogens is 625 g/mol. The van der Waals surface area contributed by atoms with Crippen LogP contribution in [-0.4, -0.2) is 106 Å². The maximum Gasteiger partial charge on any atom is 0.317 e. The van der Waals surface area contributed by atoms with Crippen molar-refractivity contribution in [3.8, 4) is 0 Å². The summed E-state index contributed by atoms with van der Waals surface area (Å²) in [5.41, 5.74) is 0.0388. The highest BCUT2D eigenvalue weighted by Gasteiger charge is 2.42. The Bertz CT molecular complexity index is 1220. The van der Waals surface area contributed by atoms with Crippen LogP contribution in [0.5, 0.6) is 0 Å². The first-order valence-corrected chi connectivity index (χ1v) is 19.1. The first-order valence-electron chi connectivity index (χ1n) is 18.2. The summed E-state index contributed by atoms with van der Waals surface area (Å²) in [5, 5.41) is 28.0. The van der Waals surface area contributed by atoms with Crippen LogP contribution < -0.4 is 21.3 Å². The molecule has 0 radical (unpaired) electrons. The quantitative estimate of drug-likeness (QED) is 0.152. The highest BCUT2D eigenvalue weighted by atomic mass is 32.1. The number of likely N-dealkylation sites (tertiary alicyclic amines) is 2. The molecule has 2 fully saturated rings. The molecule has 2 aliphatic heterocycles. The number of nitrogens with one attached hydrogen (secondary N) is 4. The van der Waals surface area contributed by atoms with Crippen molar-refractivity contribution in [3.63, 3.8) is 0 Å². The van der Waals surface area contributed by atoms with Crippen molar-refractivity contribution < 1.29 is 19.4 Å². The van der Waals surface area contributed by atoms with Gasteiger partial charge in [0, 0.05) is 81.3 Å². The zero-order chi connectivity index (χ0) is 34.9. The molecule has 5 N–H and O–H groups in total. The van der Waals surface area contributed by atoms with Crippen LogP contribution in [0.4, 0.5) is 9.59 Å². The average molecular weight is 689 g/mol. The van der Waals surface area contributed by atoms with Gasteiger partial charge in [-0.3, -0.25) is 0 Å². The van der Waals surface area contributed by atoms with Gasteiger partial charge in [-0.2, -0.15) is 0 Å². The Hall–Kier alpha value is -2.44. The van der Waals surface area contributed by atoms with Crippen molar-refractivity contribution in [2.45, 2.75) is 96.2 Å². The van der Waals surface area contributed by atoms with E-state index in [1.807, 2.05) is 36.9 Å². The summed E-state index contributed by atoms with van der Waals surface area (Å²) >= 11 is 1.69. The van der Waals surface area contributed by atoms with Gasteiger partial charge in [0.2, 0.25) is 0 Å². The minimum absolute atomic E-state index is 0.00454. The van der Waals surface area contributed by atoms with Crippen molar-refractivity contribution in [1.82, 2.24) is 31.1 Å². The number of ether oxygens (including phenoxy) is 1. The van der Waals surface area contributed by atoms with Gasteiger partial charge in [-0.15, -0.1) is 11.3 Å².